The predicted octanol–water partition coefficient (Wildman–Crippen LogP) is 3.19. The molecule has 0 heterocycles. The first kappa shape index (κ1) is 15.3. The summed E-state index contributed by atoms with van der Waals surface area (Å²) in [5.41, 5.74) is 2.70. The van der Waals surface area contributed by atoms with Gasteiger partial charge in [0.15, 0.2) is 0 Å². The molecule has 3 rings (SSSR count). The number of fused-ring (bicyclic) bond motifs is 3. The molecule has 0 aliphatic heterocycles. The maximum Gasteiger partial charge on any atom is 0.303 e. The van der Waals surface area contributed by atoms with Gasteiger partial charge in [-0.3, -0.25) is 9.69 Å². The summed E-state index contributed by atoms with van der Waals surface area (Å²) in [5, 5.41) is 9.89. The molecule has 1 fully saturated rings. The third-order valence-corrected chi connectivity index (χ3v) is 5.55. The van der Waals surface area contributed by atoms with Crippen molar-refractivity contribution in [3.63, 3.8) is 0 Å². The third-order valence-electron chi connectivity index (χ3n) is 5.55. The molecule has 1 saturated carbocycles. The Balaban J connectivity index is 1.93. The highest BCUT2D eigenvalue weighted by atomic mass is 16.5. The molecular weight excluding hydrogens is 278 g/mol. The van der Waals surface area contributed by atoms with Gasteiger partial charge < -0.3 is 9.84 Å². The zero-order valence-electron chi connectivity index (χ0n) is 13.5. The van der Waals surface area contributed by atoms with Crippen LogP contribution in [0.3, 0.4) is 0 Å². The number of hydrogen-bond donors (Lipinski definition) is 1. The summed E-state index contributed by atoms with van der Waals surface area (Å²) >= 11 is 0. The van der Waals surface area contributed by atoms with E-state index in [0.717, 1.165) is 25.7 Å². The SMILES string of the molecule is CC(=O)OCN(C)C12CCCCC1c1cc(O)ccc1CC2. The van der Waals surface area contributed by atoms with Crippen molar-refractivity contribution in [2.24, 2.45) is 0 Å². The number of phenolic OH excluding ortho intramolecular Hbond substituents is 1. The van der Waals surface area contributed by atoms with E-state index in [0.29, 0.717) is 18.4 Å². The second-order valence-electron chi connectivity index (χ2n) is 6.75. The Kier molecular flexibility index (Phi) is 4.13. The van der Waals surface area contributed by atoms with Crippen LogP contribution in [0.5, 0.6) is 5.75 Å². The van der Waals surface area contributed by atoms with Crippen molar-refractivity contribution < 1.29 is 14.6 Å². The number of ether oxygens (including phenoxy) is 1. The van der Waals surface area contributed by atoms with Crippen molar-refractivity contribution in [1.29, 1.82) is 0 Å². The van der Waals surface area contributed by atoms with Crippen LogP contribution in [0.1, 0.15) is 56.1 Å². The van der Waals surface area contributed by atoms with Crippen molar-refractivity contribution in [3.05, 3.63) is 29.3 Å². The van der Waals surface area contributed by atoms with Crippen LogP contribution in [0.15, 0.2) is 18.2 Å². The highest BCUT2D eigenvalue weighted by Crippen LogP contribution is 2.51. The number of nitrogens with zero attached hydrogens (tertiary/aromatic N) is 1. The quantitative estimate of drug-likeness (QED) is 0.688. The van der Waals surface area contributed by atoms with Crippen LogP contribution >= 0.6 is 0 Å². The van der Waals surface area contributed by atoms with Gasteiger partial charge in [0, 0.05) is 18.4 Å². The van der Waals surface area contributed by atoms with Crippen LogP contribution in [-0.4, -0.2) is 35.3 Å². The van der Waals surface area contributed by atoms with Crippen molar-refractivity contribution >= 4 is 5.97 Å². The fraction of sp³-hybridized carbons (Fsp3) is 0.611. The lowest BCUT2D eigenvalue weighted by Gasteiger charge is -2.53. The van der Waals surface area contributed by atoms with E-state index in [1.165, 1.54) is 30.9 Å². The Labute approximate surface area is 132 Å². The van der Waals surface area contributed by atoms with E-state index in [4.69, 9.17) is 4.74 Å². The normalized spacial score (nSPS) is 27.1. The fourth-order valence-electron chi connectivity index (χ4n) is 4.42. The third kappa shape index (κ3) is 2.60. The Morgan fingerprint density at radius 2 is 2.23 bits per heavy atom. The van der Waals surface area contributed by atoms with E-state index in [9.17, 15) is 9.90 Å². The van der Waals surface area contributed by atoms with Gasteiger partial charge in [-0.25, -0.2) is 0 Å². The Hall–Kier alpha value is -1.55. The molecule has 2 aliphatic rings. The minimum atomic E-state index is -0.232. The summed E-state index contributed by atoms with van der Waals surface area (Å²) in [5.74, 6) is 0.532. The molecule has 1 aromatic rings. The molecule has 4 heteroatoms. The molecule has 1 aromatic carbocycles. The van der Waals surface area contributed by atoms with Gasteiger partial charge in [-0.05, 0) is 56.0 Å². The Morgan fingerprint density at radius 1 is 1.41 bits per heavy atom. The van der Waals surface area contributed by atoms with E-state index in [2.05, 4.69) is 18.0 Å². The van der Waals surface area contributed by atoms with Gasteiger partial charge in [-0.2, -0.15) is 0 Å². The van der Waals surface area contributed by atoms with Crippen molar-refractivity contribution in [1.82, 2.24) is 4.90 Å². The molecule has 4 nitrogen and oxygen atoms in total. The number of aryl methyl sites for hydroxylation is 1. The monoisotopic (exact) mass is 303 g/mol. The zero-order chi connectivity index (χ0) is 15.7. The first-order valence-corrected chi connectivity index (χ1v) is 8.19. The summed E-state index contributed by atoms with van der Waals surface area (Å²) in [6.07, 6.45) is 6.83. The minimum Gasteiger partial charge on any atom is -0.508 e. The first-order valence-electron chi connectivity index (χ1n) is 8.19. The van der Waals surface area contributed by atoms with Crippen molar-refractivity contribution in [2.45, 2.75) is 56.9 Å². The van der Waals surface area contributed by atoms with Gasteiger partial charge in [0.05, 0.1) is 0 Å². The molecule has 1 N–H and O–H groups in total. The van der Waals surface area contributed by atoms with Gasteiger partial charge in [0.25, 0.3) is 0 Å². The summed E-state index contributed by atoms with van der Waals surface area (Å²) in [4.78, 5) is 13.4. The average molecular weight is 303 g/mol. The second-order valence-corrected chi connectivity index (χ2v) is 6.75. The molecule has 2 atom stereocenters. The molecule has 120 valence electrons. The highest BCUT2D eigenvalue weighted by molar-refractivity contribution is 5.65. The lowest BCUT2D eigenvalue weighted by atomic mass is 9.62. The van der Waals surface area contributed by atoms with E-state index in [1.807, 2.05) is 6.07 Å². The summed E-state index contributed by atoms with van der Waals surface area (Å²) < 4.78 is 5.25. The second kappa shape index (κ2) is 5.92. The van der Waals surface area contributed by atoms with E-state index in [1.54, 1.807) is 6.07 Å². The lowest BCUT2D eigenvalue weighted by molar-refractivity contribution is -0.149. The number of carbonyl (C=O) groups excluding carboxylic acids is 1. The van der Waals surface area contributed by atoms with Crippen LogP contribution in [0.2, 0.25) is 0 Å². The van der Waals surface area contributed by atoms with Crippen LogP contribution in [0, 0.1) is 0 Å². The molecule has 2 aliphatic carbocycles. The minimum absolute atomic E-state index is 0.0501. The molecular formula is C18H25NO3. The number of esters is 1. The number of likely N-dealkylation sites (N-methyl/N-ethyl adjacent to an activating group) is 1. The molecule has 2 unspecified atom stereocenters. The maximum absolute atomic E-state index is 11.1. The van der Waals surface area contributed by atoms with E-state index < -0.39 is 0 Å². The molecule has 22 heavy (non-hydrogen) atoms. The van der Waals surface area contributed by atoms with E-state index >= 15 is 0 Å². The van der Waals surface area contributed by atoms with Gasteiger partial charge >= 0.3 is 5.97 Å². The topological polar surface area (TPSA) is 49.8 Å². The van der Waals surface area contributed by atoms with Crippen LogP contribution < -0.4 is 0 Å². The van der Waals surface area contributed by atoms with Crippen LogP contribution in [-0.2, 0) is 16.0 Å². The maximum atomic E-state index is 11.1. The molecule has 0 aromatic heterocycles. The van der Waals surface area contributed by atoms with Gasteiger partial charge in [-0.15, -0.1) is 0 Å². The number of phenols is 1. The molecule has 0 bridgehead atoms. The highest BCUT2D eigenvalue weighted by Gasteiger charge is 2.47. The molecule has 0 amide bonds. The van der Waals surface area contributed by atoms with Crippen LogP contribution in [0.25, 0.3) is 0 Å². The van der Waals surface area contributed by atoms with Crippen molar-refractivity contribution in [2.75, 3.05) is 13.8 Å². The van der Waals surface area contributed by atoms with Crippen molar-refractivity contribution in [3.8, 4) is 5.75 Å². The smallest absolute Gasteiger partial charge is 0.303 e. The summed E-state index contributed by atoms with van der Waals surface area (Å²) in [6, 6.07) is 5.80. The Bertz CT molecular complexity index is 571. The standard InChI is InChI=1S/C18H25NO3/c1-13(20)22-12-19(2)18-9-4-3-5-17(18)16-11-15(21)7-6-14(16)8-10-18/h6-7,11,17,21H,3-5,8-10,12H2,1-2H3. The fourth-order valence-corrected chi connectivity index (χ4v) is 4.42. The number of benzene rings is 1. The summed E-state index contributed by atoms with van der Waals surface area (Å²) in [7, 11) is 2.06. The average Bonchev–Trinajstić information content (AvgIpc) is 2.52. The predicted molar refractivity (Wildman–Crippen MR) is 84.8 cm³/mol. The van der Waals surface area contributed by atoms with E-state index in [-0.39, 0.29) is 11.5 Å². The van der Waals surface area contributed by atoms with Gasteiger partial charge in [0.2, 0.25) is 0 Å². The van der Waals surface area contributed by atoms with Gasteiger partial charge in [0.1, 0.15) is 12.5 Å². The van der Waals surface area contributed by atoms with Crippen LogP contribution in [0.4, 0.5) is 0 Å². The number of aromatic hydroxyl groups is 1. The zero-order valence-corrected chi connectivity index (χ0v) is 13.5. The number of hydrogen-bond acceptors (Lipinski definition) is 4. The largest absolute Gasteiger partial charge is 0.508 e. The first-order chi connectivity index (χ1) is 10.5. The number of carbonyl (C=O) groups is 1. The molecule has 0 radical (unpaired) electrons. The Morgan fingerprint density at radius 3 is 3.00 bits per heavy atom. The molecule has 0 spiro atoms. The number of rotatable bonds is 3. The lowest BCUT2D eigenvalue weighted by Crippen LogP contribution is -2.55. The van der Waals surface area contributed by atoms with Gasteiger partial charge in [-0.1, -0.05) is 18.9 Å². The molecule has 0 saturated heterocycles. The summed E-state index contributed by atoms with van der Waals surface area (Å²) in [6.45, 7) is 1.80.